The zero-order valence-corrected chi connectivity index (χ0v) is 10.8. The molecule has 15 heavy (non-hydrogen) atoms. The molecule has 0 aromatic heterocycles. The van der Waals surface area contributed by atoms with Gasteiger partial charge in [0.1, 0.15) is 0 Å². The summed E-state index contributed by atoms with van der Waals surface area (Å²) >= 11 is 9.41. The Kier molecular flexibility index (Phi) is 6.06. The van der Waals surface area contributed by atoms with Gasteiger partial charge in [0.2, 0.25) is 0 Å². The summed E-state index contributed by atoms with van der Waals surface area (Å²) in [5, 5.41) is 12.6. The molecule has 0 aliphatic rings. The summed E-state index contributed by atoms with van der Waals surface area (Å²) in [6.45, 7) is 1.16. The minimum atomic E-state index is 0.275. The third-order valence-electron chi connectivity index (χ3n) is 2.08. The molecule has 1 aromatic carbocycles. The molecule has 1 aromatic rings. The van der Waals surface area contributed by atoms with E-state index in [-0.39, 0.29) is 6.61 Å². The van der Waals surface area contributed by atoms with Crippen molar-refractivity contribution < 1.29 is 5.11 Å². The van der Waals surface area contributed by atoms with E-state index in [1.807, 2.05) is 18.2 Å². The Bertz CT molecular complexity index is 307. The second kappa shape index (κ2) is 7.09. The summed E-state index contributed by atoms with van der Waals surface area (Å²) < 4.78 is 1.02. The van der Waals surface area contributed by atoms with Gasteiger partial charge < -0.3 is 10.4 Å². The number of benzene rings is 1. The standard InChI is InChI=1S/C11H15BrClNO/c12-9-4-5-10(13)11(8-9)14-6-2-1-3-7-15/h4-5,8,14-15H,1-3,6-7H2. The number of halogens is 2. The van der Waals surface area contributed by atoms with E-state index in [0.717, 1.165) is 41.0 Å². The van der Waals surface area contributed by atoms with Crippen LogP contribution in [0.3, 0.4) is 0 Å². The van der Waals surface area contributed by atoms with Crippen LogP contribution in [0, 0.1) is 0 Å². The van der Waals surface area contributed by atoms with Gasteiger partial charge in [-0.2, -0.15) is 0 Å². The average Bonchev–Trinajstić information content (AvgIpc) is 2.23. The molecule has 0 bridgehead atoms. The molecule has 0 spiro atoms. The molecule has 84 valence electrons. The molecule has 0 unspecified atom stereocenters. The third-order valence-corrected chi connectivity index (χ3v) is 2.90. The first kappa shape index (κ1) is 12.8. The predicted octanol–water partition coefficient (Wildman–Crippen LogP) is 3.68. The van der Waals surface area contributed by atoms with Crippen LogP contribution >= 0.6 is 27.5 Å². The molecule has 2 N–H and O–H groups in total. The first-order chi connectivity index (χ1) is 7.24. The highest BCUT2D eigenvalue weighted by Crippen LogP contribution is 2.25. The minimum Gasteiger partial charge on any atom is -0.396 e. The summed E-state index contributed by atoms with van der Waals surface area (Å²) in [6.07, 6.45) is 2.95. The molecule has 0 saturated carbocycles. The Morgan fingerprint density at radius 3 is 2.80 bits per heavy atom. The number of rotatable bonds is 6. The van der Waals surface area contributed by atoms with Crippen LogP contribution in [0.15, 0.2) is 22.7 Å². The van der Waals surface area contributed by atoms with Crippen molar-refractivity contribution in [3.63, 3.8) is 0 Å². The Morgan fingerprint density at radius 2 is 2.07 bits per heavy atom. The van der Waals surface area contributed by atoms with E-state index in [4.69, 9.17) is 16.7 Å². The van der Waals surface area contributed by atoms with Gasteiger partial charge in [-0.05, 0) is 37.5 Å². The van der Waals surface area contributed by atoms with Gasteiger partial charge in [0.25, 0.3) is 0 Å². The van der Waals surface area contributed by atoms with Crippen LogP contribution in [0.1, 0.15) is 19.3 Å². The van der Waals surface area contributed by atoms with Crippen molar-refractivity contribution in [3.8, 4) is 0 Å². The highest BCUT2D eigenvalue weighted by Gasteiger charge is 1.99. The van der Waals surface area contributed by atoms with Gasteiger partial charge in [0, 0.05) is 17.6 Å². The second-order valence-corrected chi connectivity index (χ2v) is 4.66. The first-order valence-corrected chi connectivity index (χ1v) is 6.21. The maximum absolute atomic E-state index is 8.62. The number of hydrogen-bond donors (Lipinski definition) is 2. The van der Waals surface area contributed by atoms with Crippen molar-refractivity contribution in [3.05, 3.63) is 27.7 Å². The smallest absolute Gasteiger partial charge is 0.0638 e. The van der Waals surface area contributed by atoms with Crippen molar-refractivity contribution in [2.45, 2.75) is 19.3 Å². The summed E-state index contributed by atoms with van der Waals surface area (Å²) in [4.78, 5) is 0. The summed E-state index contributed by atoms with van der Waals surface area (Å²) in [7, 11) is 0. The Morgan fingerprint density at radius 1 is 1.27 bits per heavy atom. The van der Waals surface area contributed by atoms with Crippen LogP contribution in [-0.2, 0) is 0 Å². The molecule has 0 aliphatic heterocycles. The van der Waals surface area contributed by atoms with Gasteiger partial charge in [0.05, 0.1) is 10.7 Å². The van der Waals surface area contributed by atoms with E-state index in [2.05, 4.69) is 21.2 Å². The van der Waals surface area contributed by atoms with Crippen molar-refractivity contribution in [2.75, 3.05) is 18.5 Å². The molecule has 1 rings (SSSR count). The Labute approximate surface area is 104 Å². The number of aliphatic hydroxyl groups is 1. The average molecular weight is 293 g/mol. The molecule has 0 saturated heterocycles. The van der Waals surface area contributed by atoms with Gasteiger partial charge in [0.15, 0.2) is 0 Å². The predicted molar refractivity (Wildman–Crippen MR) is 68.6 cm³/mol. The van der Waals surface area contributed by atoms with Gasteiger partial charge in [-0.3, -0.25) is 0 Å². The maximum atomic E-state index is 8.62. The topological polar surface area (TPSA) is 32.3 Å². The van der Waals surface area contributed by atoms with E-state index in [0.29, 0.717) is 0 Å². The van der Waals surface area contributed by atoms with Gasteiger partial charge in [-0.15, -0.1) is 0 Å². The highest BCUT2D eigenvalue weighted by atomic mass is 79.9. The molecule has 4 heteroatoms. The highest BCUT2D eigenvalue weighted by molar-refractivity contribution is 9.10. The third kappa shape index (κ3) is 4.87. The van der Waals surface area contributed by atoms with E-state index in [1.165, 1.54) is 0 Å². The van der Waals surface area contributed by atoms with Crippen molar-refractivity contribution in [1.82, 2.24) is 0 Å². The van der Waals surface area contributed by atoms with Crippen LogP contribution in [-0.4, -0.2) is 18.3 Å². The lowest BCUT2D eigenvalue weighted by atomic mass is 10.2. The fraction of sp³-hybridized carbons (Fsp3) is 0.455. The minimum absolute atomic E-state index is 0.275. The lowest BCUT2D eigenvalue weighted by Crippen LogP contribution is -2.02. The normalized spacial score (nSPS) is 10.3. The summed E-state index contributed by atoms with van der Waals surface area (Å²) in [5.74, 6) is 0. The quantitative estimate of drug-likeness (QED) is 0.784. The molecule has 0 aliphatic carbocycles. The molecule has 2 nitrogen and oxygen atoms in total. The first-order valence-electron chi connectivity index (χ1n) is 5.04. The van der Waals surface area contributed by atoms with Crippen LogP contribution in [0.2, 0.25) is 5.02 Å². The zero-order chi connectivity index (χ0) is 11.1. The van der Waals surface area contributed by atoms with Crippen molar-refractivity contribution in [2.24, 2.45) is 0 Å². The molecule has 0 atom stereocenters. The Balaban J connectivity index is 2.33. The molecule has 0 heterocycles. The molecule has 0 amide bonds. The fourth-order valence-corrected chi connectivity index (χ4v) is 1.82. The van der Waals surface area contributed by atoms with E-state index >= 15 is 0 Å². The largest absolute Gasteiger partial charge is 0.396 e. The number of anilines is 1. The van der Waals surface area contributed by atoms with Gasteiger partial charge >= 0.3 is 0 Å². The number of nitrogens with one attached hydrogen (secondary N) is 1. The van der Waals surface area contributed by atoms with Crippen molar-refractivity contribution in [1.29, 1.82) is 0 Å². The SMILES string of the molecule is OCCCCCNc1cc(Br)ccc1Cl. The Hall–Kier alpha value is -0.250. The number of hydrogen-bond acceptors (Lipinski definition) is 2. The fourth-order valence-electron chi connectivity index (χ4n) is 1.27. The molecule has 0 radical (unpaired) electrons. The van der Waals surface area contributed by atoms with Crippen LogP contribution in [0.4, 0.5) is 5.69 Å². The molecule has 0 fully saturated rings. The molecular weight excluding hydrogens is 277 g/mol. The van der Waals surface area contributed by atoms with Crippen LogP contribution in [0.25, 0.3) is 0 Å². The van der Waals surface area contributed by atoms with Gasteiger partial charge in [-0.1, -0.05) is 27.5 Å². The number of unbranched alkanes of at least 4 members (excludes halogenated alkanes) is 2. The van der Waals surface area contributed by atoms with E-state index in [9.17, 15) is 0 Å². The van der Waals surface area contributed by atoms with Crippen LogP contribution in [0.5, 0.6) is 0 Å². The number of aliphatic hydroxyl groups excluding tert-OH is 1. The lowest BCUT2D eigenvalue weighted by molar-refractivity contribution is 0.283. The van der Waals surface area contributed by atoms with E-state index < -0.39 is 0 Å². The van der Waals surface area contributed by atoms with Crippen LogP contribution < -0.4 is 5.32 Å². The molecular formula is C11H15BrClNO. The summed E-state index contributed by atoms with van der Waals surface area (Å²) in [6, 6.07) is 5.75. The van der Waals surface area contributed by atoms with Gasteiger partial charge in [-0.25, -0.2) is 0 Å². The van der Waals surface area contributed by atoms with Crippen molar-refractivity contribution >= 4 is 33.2 Å². The lowest BCUT2D eigenvalue weighted by Gasteiger charge is -2.08. The maximum Gasteiger partial charge on any atom is 0.0638 e. The zero-order valence-electron chi connectivity index (χ0n) is 8.47. The summed E-state index contributed by atoms with van der Waals surface area (Å²) in [5.41, 5.74) is 0.954. The monoisotopic (exact) mass is 291 g/mol. The second-order valence-electron chi connectivity index (χ2n) is 3.34. The van der Waals surface area contributed by atoms with E-state index in [1.54, 1.807) is 0 Å².